The number of hydrogen-bond donors (Lipinski definition) is 1. The van der Waals surface area contributed by atoms with Crippen LogP contribution in [0, 0.1) is 5.92 Å². The predicted molar refractivity (Wildman–Crippen MR) is 77.1 cm³/mol. The van der Waals surface area contributed by atoms with Crippen molar-refractivity contribution in [1.29, 1.82) is 0 Å². The van der Waals surface area contributed by atoms with E-state index >= 15 is 0 Å². The van der Waals surface area contributed by atoms with Gasteiger partial charge in [-0.05, 0) is 44.0 Å². The molecule has 0 aromatic carbocycles. The lowest BCUT2D eigenvalue weighted by Gasteiger charge is -2.21. The van der Waals surface area contributed by atoms with Crippen LogP contribution in [0.5, 0.6) is 0 Å². The van der Waals surface area contributed by atoms with Gasteiger partial charge in [-0.15, -0.1) is 11.3 Å². The molecular weight excluding hydrogens is 250 g/mol. The summed E-state index contributed by atoms with van der Waals surface area (Å²) < 4.78 is 0.905. The van der Waals surface area contributed by atoms with Gasteiger partial charge in [-0.25, -0.2) is 0 Å². The van der Waals surface area contributed by atoms with Crippen molar-refractivity contribution in [3.05, 3.63) is 21.3 Å². The molecule has 1 aromatic rings. The van der Waals surface area contributed by atoms with E-state index in [0.717, 1.165) is 23.2 Å². The SMILES string of the molecule is Clc1ccc(CCNCCC2CCCCC2)s1. The molecule has 1 aromatic heterocycles. The maximum absolute atomic E-state index is 5.90. The molecule has 0 saturated heterocycles. The van der Waals surface area contributed by atoms with Crippen molar-refractivity contribution in [3.8, 4) is 0 Å². The Morgan fingerprint density at radius 2 is 2.00 bits per heavy atom. The summed E-state index contributed by atoms with van der Waals surface area (Å²) in [5, 5.41) is 3.55. The molecule has 0 radical (unpaired) electrons. The van der Waals surface area contributed by atoms with Crippen molar-refractivity contribution < 1.29 is 0 Å². The second-order valence-corrected chi connectivity index (χ2v) is 6.80. The predicted octanol–water partition coefficient (Wildman–Crippen LogP) is 4.50. The molecule has 1 aliphatic carbocycles. The van der Waals surface area contributed by atoms with Gasteiger partial charge in [0.1, 0.15) is 0 Å². The van der Waals surface area contributed by atoms with Gasteiger partial charge in [0.25, 0.3) is 0 Å². The zero-order valence-electron chi connectivity index (χ0n) is 10.4. The average Bonchev–Trinajstić information content (AvgIpc) is 2.76. The van der Waals surface area contributed by atoms with E-state index in [2.05, 4.69) is 11.4 Å². The summed E-state index contributed by atoms with van der Waals surface area (Å²) in [7, 11) is 0. The van der Waals surface area contributed by atoms with E-state index in [4.69, 9.17) is 11.6 Å². The summed E-state index contributed by atoms with van der Waals surface area (Å²) in [6.07, 6.45) is 9.78. The molecular formula is C14H22ClNS. The summed E-state index contributed by atoms with van der Waals surface area (Å²) in [5.74, 6) is 0.993. The third-order valence-electron chi connectivity index (χ3n) is 3.63. The van der Waals surface area contributed by atoms with Gasteiger partial charge in [-0.3, -0.25) is 0 Å². The molecule has 3 heteroatoms. The Labute approximate surface area is 114 Å². The Kier molecular flexibility index (Phi) is 5.82. The number of hydrogen-bond acceptors (Lipinski definition) is 2. The molecule has 1 N–H and O–H groups in total. The van der Waals surface area contributed by atoms with Crippen LogP contribution in [0.25, 0.3) is 0 Å². The number of nitrogens with one attached hydrogen (secondary N) is 1. The first-order valence-corrected chi connectivity index (χ1v) is 7.99. The summed E-state index contributed by atoms with van der Waals surface area (Å²) in [6.45, 7) is 2.27. The van der Waals surface area contributed by atoms with Crippen LogP contribution in [0.4, 0.5) is 0 Å². The summed E-state index contributed by atoms with van der Waals surface area (Å²) in [4.78, 5) is 1.39. The van der Waals surface area contributed by atoms with E-state index in [0.29, 0.717) is 0 Å². The van der Waals surface area contributed by atoms with E-state index in [-0.39, 0.29) is 0 Å². The molecule has 0 atom stereocenters. The fraction of sp³-hybridized carbons (Fsp3) is 0.714. The van der Waals surface area contributed by atoms with Gasteiger partial charge in [0.15, 0.2) is 0 Å². The lowest BCUT2D eigenvalue weighted by molar-refractivity contribution is 0.334. The van der Waals surface area contributed by atoms with E-state index < -0.39 is 0 Å². The van der Waals surface area contributed by atoms with Crippen molar-refractivity contribution in [2.75, 3.05) is 13.1 Å². The Hall–Kier alpha value is -0.0500. The molecule has 0 unspecified atom stereocenters. The van der Waals surface area contributed by atoms with Crippen LogP contribution in [0.3, 0.4) is 0 Å². The monoisotopic (exact) mass is 271 g/mol. The van der Waals surface area contributed by atoms with Crippen LogP contribution < -0.4 is 5.32 Å². The van der Waals surface area contributed by atoms with Gasteiger partial charge < -0.3 is 5.32 Å². The highest BCUT2D eigenvalue weighted by molar-refractivity contribution is 7.16. The van der Waals surface area contributed by atoms with Gasteiger partial charge >= 0.3 is 0 Å². The van der Waals surface area contributed by atoms with Crippen LogP contribution >= 0.6 is 22.9 Å². The second kappa shape index (κ2) is 7.40. The molecule has 1 aliphatic rings. The molecule has 1 saturated carbocycles. The van der Waals surface area contributed by atoms with E-state index in [1.54, 1.807) is 11.3 Å². The minimum absolute atomic E-state index is 0.905. The standard InChI is InChI=1S/C14H22ClNS/c15-14-7-6-13(17-14)9-11-16-10-8-12-4-2-1-3-5-12/h6-7,12,16H,1-5,8-11H2. The molecule has 1 fully saturated rings. The van der Waals surface area contributed by atoms with Gasteiger partial charge in [0.05, 0.1) is 4.34 Å². The van der Waals surface area contributed by atoms with E-state index in [1.807, 2.05) is 6.07 Å². The zero-order chi connectivity index (χ0) is 11.9. The molecule has 0 aliphatic heterocycles. The lowest BCUT2D eigenvalue weighted by atomic mass is 9.87. The van der Waals surface area contributed by atoms with Crippen LogP contribution in [0.1, 0.15) is 43.4 Å². The van der Waals surface area contributed by atoms with Crippen LogP contribution in [-0.2, 0) is 6.42 Å². The quantitative estimate of drug-likeness (QED) is 0.751. The summed E-state index contributed by atoms with van der Waals surface area (Å²) in [5.41, 5.74) is 0. The average molecular weight is 272 g/mol. The third kappa shape index (κ3) is 4.99. The lowest BCUT2D eigenvalue weighted by Crippen LogP contribution is -2.21. The van der Waals surface area contributed by atoms with Gasteiger partial charge in [-0.2, -0.15) is 0 Å². The topological polar surface area (TPSA) is 12.0 Å². The molecule has 1 heterocycles. The Morgan fingerprint density at radius 1 is 1.18 bits per heavy atom. The van der Waals surface area contributed by atoms with Gasteiger partial charge in [0.2, 0.25) is 0 Å². The molecule has 0 bridgehead atoms. The summed E-state index contributed by atoms with van der Waals surface area (Å²) in [6, 6.07) is 4.12. The van der Waals surface area contributed by atoms with Gasteiger partial charge in [0, 0.05) is 4.88 Å². The van der Waals surface area contributed by atoms with Crippen molar-refractivity contribution in [2.24, 2.45) is 5.92 Å². The fourth-order valence-electron chi connectivity index (χ4n) is 2.60. The van der Waals surface area contributed by atoms with Crippen molar-refractivity contribution >= 4 is 22.9 Å². The number of halogens is 1. The van der Waals surface area contributed by atoms with Crippen molar-refractivity contribution in [2.45, 2.75) is 44.9 Å². The van der Waals surface area contributed by atoms with E-state index in [1.165, 1.54) is 49.9 Å². The number of rotatable bonds is 6. The first kappa shape index (κ1) is 13.4. The van der Waals surface area contributed by atoms with Crippen LogP contribution in [-0.4, -0.2) is 13.1 Å². The highest BCUT2D eigenvalue weighted by atomic mass is 35.5. The summed E-state index contributed by atoms with van der Waals surface area (Å²) >= 11 is 7.60. The maximum Gasteiger partial charge on any atom is 0.0931 e. The Bertz CT molecular complexity index is 318. The largest absolute Gasteiger partial charge is 0.316 e. The van der Waals surface area contributed by atoms with E-state index in [9.17, 15) is 0 Å². The molecule has 96 valence electrons. The first-order valence-electron chi connectivity index (χ1n) is 6.79. The van der Waals surface area contributed by atoms with Crippen LogP contribution in [0.15, 0.2) is 12.1 Å². The normalized spacial score (nSPS) is 17.5. The number of thiophene rings is 1. The minimum Gasteiger partial charge on any atom is -0.316 e. The molecule has 0 amide bonds. The Balaban J connectivity index is 1.51. The zero-order valence-corrected chi connectivity index (χ0v) is 12.0. The van der Waals surface area contributed by atoms with Gasteiger partial charge in [-0.1, -0.05) is 43.7 Å². The smallest absolute Gasteiger partial charge is 0.0931 e. The molecule has 1 nitrogen and oxygen atoms in total. The fourth-order valence-corrected chi connectivity index (χ4v) is 3.69. The van der Waals surface area contributed by atoms with Crippen molar-refractivity contribution in [3.63, 3.8) is 0 Å². The highest BCUT2D eigenvalue weighted by Crippen LogP contribution is 2.25. The van der Waals surface area contributed by atoms with Crippen molar-refractivity contribution in [1.82, 2.24) is 5.32 Å². The molecule has 2 rings (SSSR count). The molecule has 0 spiro atoms. The minimum atomic E-state index is 0.905. The highest BCUT2D eigenvalue weighted by Gasteiger charge is 2.12. The molecule has 17 heavy (non-hydrogen) atoms. The third-order valence-corrected chi connectivity index (χ3v) is 4.92. The second-order valence-electron chi connectivity index (χ2n) is 5.00. The van der Waals surface area contributed by atoms with Crippen LogP contribution in [0.2, 0.25) is 4.34 Å². The first-order chi connectivity index (χ1) is 8.34. The Morgan fingerprint density at radius 3 is 2.71 bits per heavy atom. The maximum atomic E-state index is 5.90.